The molecule has 1 aromatic carbocycles. The van der Waals surface area contributed by atoms with Crippen LogP contribution in [0.3, 0.4) is 0 Å². The molecule has 2 N–H and O–H groups in total. The summed E-state index contributed by atoms with van der Waals surface area (Å²) in [6, 6.07) is 7.29. The fourth-order valence-corrected chi connectivity index (χ4v) is 2.00. The van der Waals surface area contributed by atoms with Gasteiger partial charge in [-0.25, -0.2) is 0 Å². The molecule has 0 bridgehead atoms. The average molecular weight is 345 g/mol. The van der Waals surface area contributed by atoms with Crippen molar-refractivity contribution in [2.24, 2.45) is 5.92 Å². The fourth-order valence-electron chi connectivity index (χ4n) is 2.00. The van der Waals surface area contributed by atoms with Crippen LogP contribution < -0.4 is 5.32 Å². The molecule has 0 heterocycles. The van der Waals surface area contributed by atoms with E-state index in [1.54, 1.807) is 30.3 Å². The second-order valence-corrected chi connectivity index (χ2v) is 4.93. The maximum atomic E-state index is 12.6. The van der Waals surface area contributed by atoms with Crippen LogP contribution in [0.4, 0.5) is 26.3 Å². The molecule has 23 heavy (non-hydrogen) atoms. The molecule has 0 aliphatic carbocycles. The topological polar surface area (TPSA) is 41.5 Å². The third-order valence-electron chi connectivity index (χ3n) is 3.16. The molecule has 9 heteroatoms. The minimum atomic E-state index is -5.40. The van der Waals surface area contributed by atoms with Gasteiger partial charge >= 0.3 is 12.4 Å². The predicted octanol–water partition coefficient (Wildman–Crippen LogP) is 3.24. The van der Waals surface area contributed by atoms with Crippen LogP contribution in [0, 0.1) is 5.92 Å². The molecule has 0 aromatic heterocycles. The van der Waals surface area contributed by atoms with Crippen molar-refractivity contribution in [3.63, 3.8) is 0 Å². The van der Waals surface area contributed by atoms with Gasteiger partial charge in [0.05, 0.1) is 6.61 Å². The quantitative estimate of drug-likeness (QED) is 0.561. The normalized spacial score (nSPS) is 14.3. The van der Waals surface area contributed by atoms with E-state index in [0.717, 1.165) is 0 Å². The molecule has 0 amide bonds. The van der Waals surface area contributed by atoms with Gasteiger partial charge in [-0.05, 0) is 12.0 Å². The number of rotatable bonds is 8. The lowest BCUT2D eigenvalue weighted by atomic mass is 9.98. The van der Waals surface area contributed by atoms with Crippen molar-refractivity contribution in [3.05, 3.63) is 35.9 Å². The van der Waals surface area contributed by atoms with Gasteiger partial charge in [0, 0.05) is 12.6 Å². The standard InChI is InChI=1S/C14H17F6NO2/c15-13(16,17)12(14(18,19)20)6-11(8-23-9-22)21-7-10-4-2-1-3-5-10/h1-5,11-12,21-22H,6-9H2. The van der Waals surface area contributed by atoms with E-state index in [1.165, 1.54) is 0 Å². The third-order valence-corrected chi connectivity index (χ3v) is 3.16. The molecule has 132 valence electrons. The van der Waals surface area contributed by atoms with Crippen LogP contribution in [0.25, 0.3) is 0 Å². The first-order valence-corrected chi connectivity index (χ1v) is 6.74. The molecule has 1 rings (SSSR count). The first-order chi connectivity index (χ1) is 10.6. The van der Waals surface area contributed by atoms with Gasteiger partial charge in [0.25, 0.3) is 0 Å². The zero-order chi connectivity index (χ0) is 17.5. The van der Waals surface area contributed by atoms with E-state index in [9.17, 15) is 26.3 Å². The number of aliphatic hydroxyl groups is 1. The molecule has 0 aliphatic heterocycles. The Bertz CT molecular complexity index is 435. The van der Waals surface area contributed by atoms with Gasteiger partial charge in [0.2, 0.25) is 0 Å². The van der Waals surface area contributed by atoms with Gasteiger partial charge in [-0.1, -0.05) is 30.3 Å². The van der Waals surface area contributed by atoms with Crippen molar-refractivity contribution in [2.45, 2.75) is 31.4 Å². The summed E-state index contributed by atoms with van der Waals surface area (Å²) < 4.78 is 80.3. The maximum absolute atomic E-state index is 12.6. The molecule has 0 aliphatic rings. The lowest BCUT2D eigenvalue weighted by Crippen LogP contribution is -2.44. The Balaban J connectivity index is 2.75. The summed E-state index contributed by atoms with van der Waals surface area (Å²) >= 11 is 0. The molecule has 1 atom stereocenters. The van der Waals surface area contributed by atoms with Gasteiger partial charge in [-0.2, -0.15) is 26.3 Å². The average Bonchev–Trinajstić information content (AvgIpc) is 2.45. The van der Waals surface area contributed by atoms with Crippen molar-refractivity contribution in [1.82, 2.24) is 5.32 Å². The highest BCUT2D eigenvalue weighted by molar-refractivity contribution is 5.14. The molecule has 0 spiro atoms. The number of aliphatic hydroxyl groups excluding tert-OH is 1. The Morgan fingerprint density at radius 1 is 1.00 bits per heavy atom. The monoisotopic (exact) mass is 345 g/mol. The first kappa shape index (κ1) is 19.7. The maximum Gasteiger partial charge on any atom is 0.400 e. The molecule has 0 radical (unpaired) electrons. The van der Waals surface area contributed by atoms with Gasteiger partial charge in [-0.15, -0.1) is 0 Å². The number of hydrogen-bond acceptors (Lipinski definition) is 3. The number of alkyl halides is 6. The molecular formula is C14H17F6NO2. The molecule has 1 aromatic rings. The Labute approximate surface area is 129 Å². The minimum Gasteiger partial charge on any atom is -0.371 e. The van der Waals surface area contributed by atoms with Crippen molar-refractivity contribution in [3.8, 4) is 0 Å². The fraction of sp³-hybridized carbons (Fsp3) is 0.571. The van der Waals surface area contributed by atoms with E-state index in [4.69, 9.17) is 5.11 Å². The van der Waals surface area contributed by atoms with Crippen molar-refractivity contribution >= 4 is 0 Å². The molecule has 0 fully saturated rings. The number of halogens is 6. The second-order valence-electron chi connectivity index (χ2n) is 4.93. The van der Waals surface area contributed by atoms with E-state index in [1.807, 2.05) is 0 Å². The van der Waals surface area contributed by atoms with Crippen LogP contribution in [0.1, 0.15) is 12.0 Å². The Morgan fingerprint density at radius 3 is 2.04 bits per heavy atom. The van der Waals surface area contributed by atoms with Crippen molar-refractivity contribution in [2.75, 3.05) is 13.4 Å². The summed E-state index contributed by atoms with van der Waals surface area (Å²) in [6.07, 6.45) is -12.0. The van der Waals surface area contributed by atoms with Gasteiger partial charge < -0.3 is 15.2 Å². The smallest absolute Gasteiger partial charge is 0.371 e. The minimum absolute atomic E-state index is 0.0860. The van der Waals surface area contributed by atoms with Gasteiger partial charge in [-0.3, -0.25) is 0 Å². The largest absolute Gasteiger partial charge is 0.400 e. The van der Waals surface area contributed by atoms with Gasteiger partial charge in [0.1, 0.15) is 6.79 Å². The highest BCUT2D eigenvalue weighted by Gasteiger charge is 2.56. The summed E-state index contributed by atoms with van der Waals surface area (Å²) in [4.78, 5) is 0. The lowest BCUT2D eigenvalue weighted by Gasteiger charge is -2.27. The van der Waals surface area contributed by atoms with E-state index in [0.29, 0.717) is 5.56 Å². The summed E-state index contributed by atoms with van der Waals surface area (Å²) in [6.45, 7) is -1.17. The van der Waals surface area contributed by atoms with Crippen LogP contribution in [-0.4, -0.2) is 36.9 Å². The molecule has 0 saturated carbocycles. The number of ether oxygens (including phenoxy) is 1. The highest BCUT2D eigenvalue weighted by Crippen LogP contribution is 2.41. The van der Waals surface area contributed by atoms with Crippen LogP contribution in [0.5, 0.6) is 0 Å². The lowest BCUT2D eigenvalue weighted by molar-refractivity contribution is -0.287. The zero-order valence-electron chi connectivity index (χ0n) is 12.0. The van der Waals surface area contributed by atoms with Crippen LogP contribution in [-0.2, 0) is 11.3 Å². The number of benzene rings is 1. The Morgan fingerprint density at radius 2 is 1.57 bits per heavy atom. The summed E-state index contributed by atoms with van der Waals surface area (Å²) in [5.41, 5.74) is 0.706. The Kier molecular flexibility index (Phi) is 7.30. The SMILES string of the molecule is OCOCC(CC(C(F)(F)F)C(F)(F)F)NCc1ccccc1. The van der Waals surface area contributed by atoms with E-state index >= 15 is 0 Å². The summed E-state index contributed by atoms with van der Waals surface area (Å²) in [7, 11) is 0. The van der Waals surface area contributed by atoms with Crippen LogP contribution in [0.15, 0.2) is 30.3 Å². The number of nitrogens with one attached hydrogen (secondary N) is 1. The molecular weight excluding hydrogens is 328 g/mol. The zero-order valence-corrected chi connectivity index (χ0v) is 12.0. The Hall–Kier alpha value is -1.32. The summed E-state index contributed by atoms with van der Waals surface area (Å²) in [5, 5.41) is 11.2. The molecule has 3 nitrogen and oxygen atoms in total. The van der Waals surface area contributed by atoms with Crippen molar-refractivity contribution < 1.29 is 36.2 Å². The van der Waals surface area contributed by atoms with E-state index in [2.05, 4.69) is 10.1 Å². The van der Waals surface area contributed by atoms with Crippen LogP contribution >= 0.6 is 0 Å². The third kappa shape index (κ3) is 7.19. The van der Waals surface area contributed by atoms with Crippen LogP contribution in [0.2, 0.25) is 0 Å². The first-order valence-electron chi connectivity index (χ1n) is 6.74. The molecule has 1 unspecified atom stereocenters. The van der Waals surface area contributed by atoms with Gasteiger partial charge in [0.15, 0.2) is 5.92 Å². The molecule has 0 saturated heterocycles. The van der Waals surface area contributed by atoms with E-state index < -0.39 is 44.1 Å². The number of hydrogen-bond donors (Lipinski definition) is 2. The summed E-state index contributed by atoms with van der Waals surface area (Å²) in [5.74, 6) is -3.45. The highest BCUT2D eigenvalue weighted by atomic mass is 19.4. The van der Waals surface area contributed by atoms with E-state index in [-0.39, 0.29) is 6.54 Å². The van der Waals surface area contributed by atoms with Crippen molar-refractivity contribution in [1.29, 1.82) is 0 Å². The predicted molar refractivity (Wildman–Crippen MR) is 70.3 cm³/mol. The second kappa shape index (κ2) is 8.51.